The van der Waals surface area contributed by atoms with Crippen molar-refractivity contribution in [3.8, 4) is 0 Å². The number of nitrogens with one attached hydrogen (secondary N) is 2. The summed E-state index contributed by atoms with van der Waals surface area (Å²) in [5.74, 6) is 0.781. The predicted octanol–water partition coefficient (Wildman–Crippen LogP) is 2.15. The highest BCUT2D eigenvalue weighted by molar-refractivity contribution is 4.97. The van der Waals surface area contributed by atoms with Crippen LogP contribution in [0.1, 0.15) is 46.5 Å². The third-order valence-corrected chi connectivity index (χ3v) is 4.83. The van der Waals surface area contributed by atoms with Gasteiger partial charge in [0.15, 0.2) is 0 Å². The normalized spacial score (nSPS) is 34.4. The van der Waals surface area contributed by atoms with Crippen molar-refractivity contribution >= 4 is 0 Å². The van der Waals surface area contributed by atoms with Gasteiger partial charge in [0, 0.05) is 18.6 Å². The summed E-state index contributed by atoms with van der Waals surface area (Å²) in [5.41, 5.74) is 0.975. The monoisotopic (exact) mass is 210 g/mol. The van der Waals surface area contributed by atoms with Crippen molar-refractivity contribution in [2.24, 2.45) is 11.3 Å². The summed E-state index contributed by atoms with van der Waals surface area (Å²) in [6.07, 6.45) is 5.49. The molecule has 2 fully saturated rings. The summed E-state index contributed by atoms with van der Waals surface area (Å²) in [7, 11) is 0. The minimum atomic E-state index is 0.463. The third kappa shape index (κ3) is 2.21. The molecule has 0 aromatic rings. The fraction of sp³-hybridized carbons (Fsp3) is 1.00. The fourth-order valence-electron chi connectivity index (χ4n) is 2.88. The molecule has 1 heterocycles. The first-order valence-electron chi connectivity index (χ1n) is 6.52. The molecule has 88 valence electrons. The van der Waals surface area contributed by atoms with Gasteiger partial charge in [-0.1, -0.05) is 13.8 Å². The van der Waals surface area contributed by atoms with E-state index in [2.05, 4.69) is 31.4 Å². The molecule has 0 radical (unpaired) electrons. The molecule has 1 unspecified atom stereocenters. The summed E-state index contributed by atoms with van der Waals surface area (Å²) in [4.78, 5) is 0. The molecule has 0 aromatic heterocycles. The Balaban J connectivity index is 1.89. The average molecular weight is 210 g/mol. The molecule has 2 heteroatoms. The molecule has 0 spiro atoms. The van der Waals surface area contributed by atoms with Crippen LogP contribution in [0.25, 0.3) is 0 Å². The Morgan fingerprint density at radius 1 is 1.27 bits per heavy atom. The Hall–Kier alpha value is -0.0800. The summed E-state index contributed by atoms with van der Waals surface area (Å²) in [6, 6.07) is 0. The van der Waals surface area contributed by atoms with Gasteiger partial charge >= 0.3 is 0 Å². The van der Waals surface area contributed by atoms with Crippen molar-refractivity contribution in [2.75, 3.05) is 19.6 Å². The van der Waals surface area contributed by atoms with E-state index >= 15 is 0 Å². The Bertz CT molecular complexity index is 213. The highest BCUT2D eigenvalue weighted by Gasteiger charge is 2.40. The van der Waals surface area contributed by atoms with Crippen molar-refractivity contribution in [1.29, 1.82) is 0 Å². The summed E-state index contributed by atoms with van der Waals surface area (Å²) >= 11 is 0. The lowest BCUT2D eigenvalue weighted by Gasteiger charge is -2.43. The number of rotatable bonds is 4. The van der Waals surface area contributed by atoms with Gasteiger partial charge in [0.25, 0.3) is 0 Å². The molecule has 1 saturated heterocycles. The van der Waals surface area contributed by atoms with E-state index in [1.54, 1.807) is 0 Å². The number of hydrogen-bond donors (Lipinski definition) is 2. The van der Waals surface area contributed by atoms with E-state index in [-0.39, 0.29) is 0 Å². The van der Waals surface area contributed by atoms with Crippen molar-refractivity contribution in [3.63, 3.8) is 0 Å². The van der Waals surface area contributed by atoms with Crippen molar-refractivity contribution in [1.82, 2.24) is 10.6 Å². The molecule has 0 bridgehead atoms. The minimum absolute atomic E-state index is 0.463. The Labute approximate surface area is 94.2 Å². The van der Waals surface area contributed by atoms with Gasteiger partial charge < -0.3 is 10.6 Å². The van der Waals surface area contributed by atoms with Crippen LogP contribution in [-0.4, -0.2) is 25.2 Å². The lowest BCUT2D eigenvalue weighted by Crippen LogP contribution is -2.53. The number of hydrogen-bond acceptors (Lipinski definition) is 2. The van der Waals surface area contributed by atoms with E-state index in [1.165, 1.54) is 45.3 Å². The Kier molecular flexibility index (Phi) is 3.09. The van der Waals surface area contributed by atoms with Gasteiger partial charge in [-0.15, -0.1) is 0 Å². The molecule has 2 N–H and O–H groups in total. The molecular weight excluding hydrogens is 184 g/mol. The van der Waals surface area contributed by atoms with Gasteiger partial charge in [0.2, 0.25) is 0 Å². The zero-order chi connectivity index (χ0) is 10.9. The summed E-state index contributed by atoms with van der Waals surface area (Å²) < 4.78 is 0. The van der Waals surface area contributed by atoms with Crippen LogP contribution in [0.5, 0.6) is 0 Å². The van der Waals surface area contributed by atoms with Crippen LogP contribution in [0, 0.1) is 11.3 Å². The lowest BCUT2D eigenvalue weighted by atomic mass is 9.73. The standard InChI is InChI=1S/C13H26N2/c1-11(2)13(7-8-14-9-13)10-15-12(3)5-4-6-12/h11,14-15H,4-10H2,1-3H3. The van der Waals surface area contributed by atoms with Crippen LogP contribution in [0.15, 0.2) is 0 Å². The second-order valence-corrected chi connectivity index (χ2v) is 6.21. The van der Waals surface area contributed by atoms with Crippen LogP contribution in [-0.2, 0) is 0 Å². The Morgan fingerprint density at radius 2 is 2.00 bits per heavy atom. The maximum absolute atomic E-state index is 3.82. The van der Waals surface area contributed by atoms with Crippen molar-refractivity contribution in [2.45, 2.75) is 52.0 Å². The molecule has 1 saturated carbocycles. The van der Waals surface area contributed by atoms with Crippen molar-refractivity contribution < 1.29 is 0 Å². The zero-order valence-corrected chi connectivity index (χ0v) is 10.5. The molecule has 2 aliphatic rings. The maximum atomic E-state index is 3.82. The Morgan fingerprint density at radius 3 is 2.40 bits per heavy atom. The highest BCUT2D eigenvalue weighted by atomic mass is 15.0. The second-order valence-electron chi connectivity index (χ2n) is 6.21. The largest absolute Gasteiger partial charge is 0.316 e. The second kappa shape index (κ2) is 4.06. The van der Waals surface area contributed by atoms with E-state index < -0.39 is 0 Å². The van der Waals surface area contributed by atoms with Gasteiger partial charge in [0.1, 0.15) is 0 Å². The molecule has 2 nitrogen and oxygen atoms in total. The highest BCUT2D eigenvalue weighted by Crippen LogP contribution is 2.36. The van der Waals surface area contributed by atoms with Crippen LogP contribution in [0.4, 0.5) is 0 Å². The van der Waals surface area contributed by atoms with Gasteiger partial charge in [-0.3, -0.25) is 0 Å². The molecule has 1 aliphatic heterocycles. The third-order valence-electron chi connectivity index (χ3n) is 4.83. The van der Waals surface area contributed by atoms with Crippen LogP contribution >= 0.6 is 0 Å². The molecule has 15 heavy (non-hydrogen) atoms. The van der Waals surface area contributed by atoms with E-state index in [4.69, 9.17) is 0 Å². The topological polar surface area (TPSA) is 24.1 Å². The van der Waals surface area contributed by atoms with Crippen LogP contribution in [0.2, 0.25) is 0 Å². The SMILES string of the molecule is CC(C)C1(CNC2(C)CCC2)CCNC1. The zero-order valence-electron chi connectivity index (χ0n) is 10.5. The van der Waals surface area contributed by atoms with Crippen LogP contribution < -0.4 is 10.6 Å². The maximum Gasteiger partial charge on any atom is 0.0153 e. The molecule has 1 atom stereocenters. The summed E-state index contributed by atoms with van der Waals surface area (Å²) in [6.45, 7) is 10.7. The van der Waals surface area contributed by atoms with Gasteiger partial charge in [0.05, 0.1) is 0 Å². The van der Waals surface area contributed by atoms with Crippen molar-refractivity contribution in [3.05, 3.63) is 0 Å². The molecule has 0 aromatic carbocycles. The summed E-state index contributed by atoms with van der Waals surface area (Å²) in [5, 5.41) is 7.35. The van der Waals surface area contributed by atoms with E-state index in [0.29, 0.717) is 11.0 Å². The van der Waals surface area contributed by atoms with E-state index in [0.717, 1.165) is 5.92 Å². The minimum Gasteiger partial charge on any atom is -0.316 e. The first kappa shape index (κ1) is 11.4. The van der Waals surface area contributed by atoms with Gasteiger partial charge in [-0.2, -0.15) is 0 Å². The van der Waals surface area contributed by atoms with E-state index in [1.807, 2.05) is 0 Å². The van der Waals surface area contributed by atoms with Crippen LogP contribution in [0.3, 0.4) is 0 Å². The fourth-order valence-corrected chi connectivity index (χ4v) is 2.88. The first-order chi connectivity index (χ1) is 7.06. The quantitative estimate of drug-likeness (QED) is 0.743. The van der Waals surface area contributed by atoms with Gasteiger partial charge in [-0.05, 0) is 50.5 Å². The first-order valence-corrected chi connectivity index (χ1v) is 6.52. The molecular formula is C13H26N2. The molecule has 0 amide bonds. The molecule has 1 aliphatic carbocycles. The predicted molar refractivity (Wildman–Crippen MR) is 65.0 cm³/mol. The van der Waals surface area contributed by atoms with E-state index in [9.17, 15) is 0 Å². The average Bonchev–Trinajstić information content (AvgIpc) is 2.61. The van der Waals surface area contributed by atoms with Gasteiger partial charge in [-0.25, -0.2) is 0 Å². The lowest BCUT2D eigenvalue weighted by molar-refractivity contribution is 0.140. The molecule has 2 rings (SSSR count). The smallest absolute Gasteiger partial charge is 0.0153 e.